The number of carbonyl (C=O) groups is 2. The molecule has 6 heteroatoms. The van der Waals surface area contributed by atoms with Crippen LogP contribution in [0.2, 0.25) is 5.02 Å². The summed E-state index contributed by atoms with van der Waals surface area (Å²) in [6.45, 7) is 7.60. The molecule has 0 bridgehead atoms. The Morgan fingerprint density at radius 1 is 1.35 bits per heavy atom. The molecule has 2 amide bonds. The average molecular weight is 337 g/mol. The zero-order valence-electron chi connectivity index (χ0n) is 13.7. The molecule has 0 unspecified atom stereocenters. The summed E-state index contributed by atoms with van der Waals surface area (Å²) in [5.74, 6) is -0.421. The van der Waals surface area contributed by atoms with Crippen LogP contribution in [0.4, 0.5) is 4.79 Å². The molecule has 0 saturated heterocycles. The Balaban J connectivity index is 2.53. The first-order valence-electron chi connectivity index (χ1n) is 7.59. The molecular weight excluding hydrogens is 316 g/mol. The summed E-state index contributed by atoms with van der Waals surface area (Å²) in [6, 6.07) is 6.21. The van der Waals surface area contributed by atoms with Crippen molar-refractivity contribution in [1.29, 1.82) is 0 Å². The highest BCUT2D eigenvalue weighted by molar-refractivity contribution is 6.30. The van der Waals surface area contributed by atoms with Gasteiger partial charge in [-0.3, -0.25) is 4.90 Å². The van der Waals surface area contributed by atoms with E-state index in [2.05, 4.69) is 5.32 Å². The Kier molecular flexibility index (Phi) is 5.31. The van der Waals surface area contributed by atoms with E-state index < -0.39 is 12.0 Å². The van der Waals surface area contributed by atoms with E-state index in [0.29, 0.717) is 16.3 Å². The zero-order valence-corrected chi connectivity index (χ0v) is 14.5. The Morgan fingerprint density at radius 3 is 2.48 bits per heavy atom. The molecule has 0 saturated carbocycles. The second-order valence-corrected chi connectivity index (χ2v) is 6.05. The summed E-state index contributed by atoms with van der Waals surface area (Å²) < 4.78 is 5.19. The monoisotopic (exact) mass is 336 g/mol. The van der Waals surface area contributed by atoms with Gasteiger partial charge in [0.15, 0.2) is 0 Å². The van der Waals surface area contributed by atoms with Crippen LogP contribution in [0.15, 0.2) is 35.5 Å². The summed E-state index contributed by atoms with van der Waals surface area (Å²) in [5.41, 5.74) is 1.85. The fourth-order valence-corrected chi connectivity index (χ4v) is 2.88. The summed E-state index contributed by atoms with van der Waals surface area (Å²) in [4.78, 5) is 26.4. The van der Waals surface area contributed by atoms with Gasteiger partial charge in [-0.1, -0.05) is 23.7 Å². The molecule has 1 aromatic carbocycles. The standard InChI is InChI=1S/C17H21ClN2O3/c1-5-23-16(21)14-11(4)20(10(2)3)17(22)19-15(14)12-6-8-13(18)9-7-12/h6-10,15H,5H2,1-4H3,(H,19,22)/t15-/m0/s1. The lowest BCUT2D eigenvalue weighted by molar-refractivity contribution is -0.139. The van der Waals surface area contributed by atoms with Crippen LogP contribution in [0.5, 0.6) is 0 Å². The van der Waals surface area contributed by atoms with Crippen LogP contribution in [0, 0.1) is 0 Å². The predicted octanol–water partition coefficient (Wildman–Crippen LogP) is 3.65. The first-order chi connectivity index (χ1) is 10.9. The fourth-order valence-electron chi connectivity index (χ4n) is 2.76. The van der Waals surface area contributed by atoms with E-state index in [-0.39, 0.29) is 18.7 Å². The van der Waals surface area contributed by atoms with Gasteiger partial charge < -0.3 is 10.1 Å². The number of carbonyl (C=O) groups excluding carboxylic acids is 2. The highest BCUT2D eigenvalue weighted by Crippen LogP contribution is 2.32. The van der Waals surface area contributed by atoms with E-state index in [0.717, 1.165) is 5.56 Å². The molecule has 124 valence electrons. The third kappa shape index (κ3) is 3.50. The van der Waals surface area contributed by atoms with Crippen molar-refractivity contribution in [3.63, 3.8) is 0 Å². The maximum absolute atomic E-state index is 12.4. The highest BCUT2D eigenvalue weighted by atomic mass is 35.5. The van der Waals surface area contributed by atoms with Gasteiger partial charge in [0.2, 0.25) is 0 Å². The Labute approximate surface area is 141 Å². The molecule has 0 aliphatic carbocycles. The lowest BCUT2D eigenvalue weighted by atomic mass is 9.94. The molecular formula is C17H21ClN2O3. The maximum Gasteiger partial charge on any atom is 0.338 e. The number of ether oxygens (including phenoxy) is 1. The number of hydrogen-bond acceptors (Lipinski definition) is 3. The third-order valence-electron chi connectivity index (χ3n) is 3.74. The summed E-state index contributed by atoms with van der Waals surface area (Å²) in [5, 5.41) is 3.48. The number of halogens is 1. The maximum atomic E-state index is 12.4. The van der Waals surface area contributed by atoms with Crippen LogP contribution in [-0.4, -0.2) is 29.5 Å². The topological polar surface area (TPSA) is 58.6 Å². The summed E-state index contributed by atoms with van der Waals surface area (Å²) in [7, 11) is 0. The molecule has 0 radical (unpaired) electrons. The molecule has 1 aliphatic rings. The molecule has 23 heavy (non-hydrogen) atoms. The third-order valence-corrected chi connectivity index (χ3v) is 3.99. The van der Waals surface area contributed by atoms with Gasteiger partial charge in [-0.25, -0.2) is 9.59 Å². The first kappa shape index (κ1) is 17.3. The van der Waals surface area contributed by atoms with Gasteiger partial charge in [0.1, 0.15) is 0 Å². The molecule has 1 heterocycles. The van der Waals surface area contributed by atoms with Gasteiger partial charge in [0.05, 0.1) is 18.2 Å². The zero-order chi connectivity index (χ0) is 17.1. The second kappa shape index (κ2) is 7.04. The van der Waals surface area contributed by atoms with Crippen LogP contribution in [-0.2, 0) is 9.53 Å². The molecule has 0 aromatic heterocycles. The number of urea groups is 1. The largest absolute Gasteiger partial charge is 0.463 e. The van der Waals surface area contributed by atoms with E-state index in [9.17, 15) is 9.59 Å². The lowest BCUT2D eigenvalue weighted by Gasteiger charge is -2.37. The van der Waals surface area contributed by atoms with Crippen LogP contribution in [0.1, 0.15) is 39.3 Å². The van der Waals surface area contributed by atoms with Crippen molar-refractivity contribution in [2.75, 3.05) is 6.61 Å². The van der Waals surface area contributed by atoms with Crippen molar-refractivity contribution in [2.24, 2.45) is 0 Å². The molecule has 0 fully saturated rings. The van der Waals surface area contributed by atoms with Crippen molar-refractivity contribution >= 4 is 23.6 Å². The van der Waals surface area contributed by atoms with Crippen LogP contribution >= 0.6 is 11.6 Å². The number of hydrogen-bond donors (Lipinski definition) is 1. The van der Waals surface area contributed by atoms with E-state index in [1.165, 1.54) is 0 Å². The fraction of sp³-hybridized carbons (Fsp3) is 0.412. The molecule has 1 N–H and O–H groups in total. The number of nitrogens with one attached hydrogen (secondary N) is 1. The van der Waals surface area contributed by atoms with Gasteiger partial charge in [0.25, 0.3) is 0 Å². The van der Waals surface area contributed by atoms with E-state index in [1.807, 2.05) is 13.8 Å². The normalized spacial score (nSPS) is 18.3. The SMILES string of the molecule is CCOC(=O)C1=C(C)N(C(C)C)C(=O)N[C@H]1c1ccc(Cl)cc1. The summed E-state index contributed by atoms with van der Waals surface area (Å²) in [6.07, 6.45) is 0. The van der Waals surface area contributed by atoms with Gasteiger partial charge in [-0.2, -0.15) is 0 Å². The number of esters is 1. The van der Waals surface area contributed by atoms with Crippen molar-refractivity contribution in [3.05, 3.63) is 46.1 Å². The van der Waals surface area contributed by atoms with Crippen LogP contribution in [0.3, 0.4) is 0 Å². The van der Waals surface area contributed by atoms with E-state index >= 15 is 0 Å². The van der Waals surface area contributed by atoms with Gasteiger partial charge >= 0.3 is 12.0 Å². The Morgan fingerprint density at radius 2 is 1.96 bits per heavy atom. The minimum absolute atomic E-state index is 0.0643. The number of amides is 2. The van der Waals surface area contributed by atoms with Gasteiger partial charge in [0, 0.05) is 16.8 Å². The summed E-state index contributed by atoms with van der Waals surface area (Å²) >= 11 is 5.92. The number of rotatable bonds is 4. The predicted molar refractivity (Wildman–Crippen MR) is 89.0 cm³/mol. The van der Waals surface area contributed by atoms with Crippen molar-refractivity contribution in [1.82, 2.24) is 10.2 Å². The van der Waals surface area contributed by atoms with E-state index in [4.69, 9.17) is 16.3 Å². The molecule has 5 nitrogen and oxygen atoms in total. The lowest BCUT2D eigenvalue weighted by Crippen LogP contribution is -2.50. The quantitative estimate of drug-likeness (QED) is 0.854. The molecule has 2 rings (SSSR count). The Bertz CT molecular complexity index is 638. The van der Waals surface area contributed by atoms with E-state index in [1.54, 1.807) is 43.0 Å². The van der Waals surface area contributed by atoms with Gasteiger partial charge in [-0.15, -0.1) is 0 Å². The molecule has 1 aliphatic heterocycles. The first-order valence-corrected chi connectivity index (χ1v) is 7.97. The average Bonchev–Trinajstić information content (AvgIpc) is 2.47. The minimum atomic E-state index is -0.547. The highest BCUT2D eigenvalue weighted by Gasteiger charge is 2.37. The number of benzene rings is 1. The van der Waals surface area contributed by atoms with Crippen LogP contribution < -0.4 is 5.32 Å². The van der Waals surface area contributed by atoms with Crippen molar-refractivity contribution < 1.29 is 14.3 Å². The van der Waals surface area contributed by atoms with Crippen molar-refractivity contribution in [3.8, 4) is 0 Å². The second-order valence-electron chi connectivity index (χ2n) is 5.62. The Hall–Kier alpha value is -2.01. The minimum Gasteiger partial charge on any atom is -0.463 e. The van der Waals surface area contributed by atoms with Crippen LogP contribution in [0.25, 0.3) is 0 Å². The van der Waals surface area contributed by atoms with Gasteiger partial charge in [-0.05, 0) is 45.4 Å². The molecule has 0 spiro atoms. The molecule has 1 aromatic rings. The molecule has 1 atom stereocenters. The van der Waals surface area contributed by atoms with Crippen molar-refractivity contribution in [2.45, 2.75) is 39.8 Å². The smallest absolute Gasteiger partial charge is 0.338 e. The number of nitrogens with zero attached hydrogens (tertiary/aromatic N) is 1. The number of allylic oxidation sites excluding steroid dienone is 1.